The standard InChI is InChI=1S/C45H64N4/c1-7-16-37(8-2)31-45-24-21-39(35(5)46-32-38-17-10-11-18-38)30-44(34(3)4)49(45)33-41(29-40-19-12-13-20-43(40)45)36(6)47-27-22-42(23-28-47)48-25-14-9-15-26-48/h10-13,17,19-21,29-30,34,37,42,46H,5-9,14-16,18,22-28,31-33H2,1-4H3. The first-order valence-electron chi connectivity index (χ1n) is 19.8. The van der Waals surface area contributed by atoms with Crippen LogP contribution in [0.25, 0.3) is 6.08 Å². The zero-order valence-corrected chi connectivity index (χ0v) is 31.3. The summed E-state index contributed by atoms with van der Waals surface area (Å²) < 4.78 is 0. The molecular weight excluding hydrogens is 597 g/mol. The number of allylic oxidation sites excluding steroid dienone is 5. The van der Waals surface area contributed by atoms with Gasteiger partial charge in [-0.1, -0.05) is 115 Å². The van der Waals surface area contributed by atoms with Crippen molar-refractivity contribution in [3.05, 3.63) is 113 Å². The van der Waals surface area contributed by atoms with E-state index >= 15 is 0 Å². The Labute approximate surface area is 299 Å². The Morgan fingerprint density at radius 3 is 2.47 bits per heavy atom. The highest BCUT2D eigenvalue weighted by Crippen LogP contribution is 2.50. The molecule has 1 aromatic rings. The third kappa shape index (κ3) is 7.90. The van der Waals surface area contributed by atoms with Crippen molar-refractivity contribution in [1.29, 1.82) is 0 Å². The van der Waals surface area contributed by atoms with Gasteiger partial charge in [-0.2, -0.15) is 0 Å². The lowest BCUT2D eigenvalue weighted by atomic mass is 9.74. The van der Waals surface area contributed by atoms with E-state index in [4.69, 9.17) is 6.58 Å². The van der Waals surface area contributed by atoms with Crippen LogP contribution in [-0.2, 0) is 5.54 Å². The largest absolute Gasteiger partial charge is 0.381 e. The van der Waals surface area contributed by atoms with Gasteiger partial charge < -0.3 is 20.0 Å². The second-order valence-corrected chi connectivity index (χ2v) is 15.8. The van der Waals surface area contributed by atoms with Crippen LogP contribution in [0, 0.1) is 11.8 Å². The van der Waals surface area contributed by atoms with Crippen molar-refractivity contribution < 1.29 is 0 Å². The number of nitrogens with one attached hydrogen (secondary N) is 1. The molecule has 49 heavy (non-hydrogen) atoms. The lowest BCUT2D eigenvalue weighted by Crippen LogP contribution is -2.49. The summed E-state index contributed by atoms with van der Waals surface area (Å²) in [6, 6.07) is 10.1. The molecule has 5 aliphatic rings. The van der Waals surface area contributed by atoms with Gasteiger partial charge in [0, 0.05) is 49.3 Å². The van der Waals surface area contributed by atoms with Crippen LogP contribution in [0.4, 0.5) is 0 Å². The van der Waals surface area contributed by atoms with E-state index in [1.807, 2.05) is 0 Å². The quantitative estimate of drug-likeness (QED) is 0.227. The molecule has 0 bridgehead atoms. The molecule has 0 saturated carbocycles. The first kappa shape index (κ1) is 35.6. The molecule has 2 atom stereocenters. The number of likely N-dealkylation sites (tertiary alicyclic amines) is 2. The predicted molar refractivity (Wildman–Crippen MR) is 210 cm³/mol. The zero-order valence-electron chi connectivity index (χ0n) is 31.3. The smallest absolute Gasteiger partial charge is 0.0697 e. The van der Waals surface area contributed by atoms with E-state index < -0.39 is 0 Å². The van der Waals surface area contributed by atoms with Gasteiger partial charge in [-0.15, -0.1) is 0 Å². The second-order valence-electron chi connectivity index (χ2n) is 15.8. The van der Waals surface area contributed by atoms with Gasteiger partial charge in [0.05, 0.1) is 5.54 Å². The lowest BCUT2D eigenvalue weighted by molar-refractivity contribution is 0.0906. The Balaban J connectivity index is 1.35. The fourth-order valence-corrected chi connectivity index (χ4v) is 9.32. The first-order valence-corrected chi connectivity index (χ1v) is 19.8. The van der Waals surface area contributed by atoms with Crippen LogP contribution in [0.3, 0.4) is 0 Å². The summed E-state index contributed by atoms with van der Waals surface area (Å²) in [4.78, 5) is 8.25. The molecule has 4 heterocycles. The predicted octanol–water partition coefficient (Wildman–Crippen LogP) is 10.1. The van der Waals surface area contributed by atoms with Gasteiger partial charge >= 0.3 is 0 Å². The lowest BCUT2D eigenvalue weighted by Gasteiger charge is -2.49. The fourth-order valence-electron chi connectivity index (χ4n) is 9.32. The summed E-state index contributed by atoms with van der Waals surface area (Å²) in [7, 11) is 0. The van der Waals surface area contributed by atoms with Gasteiger partial charge in [0.2, 0.25) is 0 Å². The van der Waals surface area contributed by atoms with Crippen molar-refractivity contribution in [2.75, 3.05) is 39.3 Å². The van der Waals surface area contributed by atoms with Crippen LogP contribution in [0.15, 0.2) is 102 Å². The van der Waals surface area contributed by atoms with E-state index in [0.717, 1.165) is 57.2 Å². The molecule has 0 amide bonds. The maximum atomic E-state index is 4.87. The highest BCUT2D eigenvalue weighted by atomic mass is 15.2. The molecule has 2 fully saturated rings. The van der Waals surface area contributed by atoms with Crippen molar-refractivity contribution in [3.63, 3.8) is 0 Å². The maximum Gasteiger partial charge on any atom is 0.0697 e. The van der Waals surface area contributed by atoms with Gasteiger partial charge in [-0.05, 0) is 110 Å². The first-order chi connectivity index (χ1) is 23.8. The van der Waals surface area contributed by atoms with Crippen molar-refractivity contribution in [2.24, 2.45) is 11.8 Å². The molecule has 6 rings (SSSR count). The van der Waals surface area contributed by atoms with Gasteiger partial charge in [0.15, 0.2) is 0 Å². The summed E-state index contributed by atoms with van der Waals surface area (Å²) in [5, 5.41) is 3.71. The van der Waals surface area contributed by atoms with Gasteiger partial charge in [0.1, 0.15) is 0 Å². The molecule has 4 heteroatoms. The normalized spacial score (nSPS) is 23.9. The Morgan fingerprint density at radius 1 is 1.00 bits per heavy atom. The van der Waals surface area contributed by atoms with Crippen LogP contribution in [-0.4, -0.2) is 60.0 Å². The molecule has 4 aliphatic heterocycles. The minimum absolute atomic E-state index is 0.151. The van der Waals surface area contributed by atoms with Crippen LogP contribution >= 0.6 is 0 Å². The van der Waals surface area contributed by atoms with Crippen molar-refractivity contribution in [3.8, 4) is 0 Å². The third-order valence-corrected chi connectivity index (χ3v) is 12.3. The van der Waals surface area contributed by atoms with Crippen molar-refractivity contribution >= 4 is 6.08 Å². The molecule has 2 unspecified atom stereocenters. The number of benzene rings is 1. The molecule has 1 aromatic carbocycles. The van der Waals surface area contributed by atoms with E-state index in [1.165, 1.54) is 104 Å². The van der Waals surface area contributed by atoms with Crippen LogP contribution in [0.1, 0.15) is 109 Å². The molecule has 2 saturated heterocycles. The molecule has 4 nitrogen and oxygen atoms in total. The molecule has 0 spiro atoms. The second kappa shape index (κ2) is 16.2. The number of hydrogen-bond acceptors (Lipinski definition) is 4. The molecular formula is C45H64N4. The van der Waals surface area contributed by atoms with Crippen molar-refractivity contribution in [2.45, 2.75) is 110 Å². The highest BCUT2D eigenvalue weighted by Gasteiger charge is 2.45. The van der Waals surface area contributed by atoms with Crippen LogP contribution < -0.4 is 5.32 Å². The summed E-state index contributed by atoms with van der Waals surface area (Å²) in [5.41, 5.74) is 10.4. The number of rotatable bonds is 13. The summed E-state index contributed by atoms with van der Waals surface area (Å²) in [6.07, 6.45) is 27.6. The van der Waals surface area contributed by atoms with Gasteiger partial charge in [-0.3, -0.25) is 0 Å². The summed E-state index contributed by atoms with van der Waals surface area (Å²) >= 11 is 0. The molecule has 1 N–H and O–H groups in total. The van der Waals surface area contributed by atoms with Crippen LogP contribution in [0.5, 0.6) is 0 Å². The average Bonchev–Trinajstić information content (AvgIpc) is 3.55. The number of nitrogens with zero attached hydrogens (tertiary/aromatic N) is 3. The number of fused-ring (bicyclic) bond motifs is 3. The van der Waals surface area contributed by atoms with E-state index in [-0.39, 0.29) is 5.54 Å². The minimum Gasteiger partial charge on any atom is -0.381 e. The Kier molecular flexibility index (Phi) is 11.8. The zero-order chi connectivity index (χ0) is 34.4. The Morgan fingerprint density at radius 2 is 1.78 bits per heavy atom. The van der Waals surface area contributed by atoms with Crippen molar-refractivity contribution in [1.82, 2.24) is 20.0 Å². The summed E-state index contributed by atoms with van der Waals surface area (Å²) in [5.74, 6) is 1.02. The number of hydrogen-bond donors (Lipinski definition) is 1. The van der Waals surface area contributed by atoms with Gasteiger partial charge in [0.25, 0.3) is 0 Å². The highest BCUT2D eigenvalue weighted by molar-refractivity contribution is 5.65. The maximum absolute atomic E-state index is 4.87. The molecule has 0 radical (unpaired) electrons. The fraction of sp³-hybridized carbons (Fsp3) is 0.556. The number of piperidine rings is 2. The van der Waals surface area contributed by atoms with E-state index in [9.17, 15) is 0 Å². The molecule has 0 aromatic heterocycles. The summed E-state index contributed by atoms with van der Waals surface area (Å²) in [6.45, 7) is 25.5. The SMILES string of the molecule is C=C(NCC1=CC=CC1)C1=CCC2(CC(CC)CCC)c3ccccc3C=C(C(=C)N3CCC(N4CCCCC4)CC3)CN2C(C(C)C)=C1. The Hall–Kier alpha value is -3.24. The van der Waals surface area contributed by atoms with Gasteiger partial charge in [-0.25, -0.2) is 0 Å². The van der Waals surface area contributed by atoms with Crippen LogP contribution in [0.2, 0.25) is 0 Å². The average molecular weight is 661 g/mol. The van der Waals surface area contributed by atoms with E-state index in [1.54, 1.807) is 0 Å². The monoisotopic (exact) mass is 661 g/mol. The van der Waals surface area contributed by atoms with E-state index in [0.29, 0.717) is 11.8 Å². The molecule has 264 valence electrons. The van der Waals surface area contributed by atoms with E-state index in [2.05, 4.69) is 115 Å². The molecule has 1 aliphatic carbocycles. The Bertz CT molecular complexity index is 1490. The topological polar surface area (TPSA) is 21.8 Å². The third-order valence-electron chi connectivity index (χ3n) is 12.3. The minimum atomic E-state index is -0.151.